The van der Waals surface area contributed by atoms with Gasteiger partial charge in [0.15, 0.2) is 0 Å². The molecule has 0 aromatic heterocycles. The van der Waals surface area contributed by atoms with E-state index in [-0.39, 0.29) is 6.04 Å². The average Bonchev–Trinajstić information content (AvgIpc) is 2.56. The molecule has 0 radical (unpaired) electrons. The lowest BCUT2D eigenvalue weighted by atomic mass is 9.88. The molecule has 21 heavy (non-hydrogen) atoms. The first-order chi connectivity index (χ1) is 10.3. The van der Waals surface area contributed by atoms with Gasteiger partial charge >= 0.3 is 0 Å². The molecule has 0 saturated carbocycles. The summed E-state index contributed by atoms with van der Waals surface area (Å²) >= 11 is 0. The van der Waals surface area contributed by atoms with Gasteiger partial charge in [0.1, 0.15) is 0 Å². The maximum atomic E-state index is 5.94. The van der Waals surface area contributed by atoms with E-state index in [1.807, 2.05) is 0 Å². The van der Waals surface area contributed by atoms with Gasteiger partial charge in [0.05, 0.1) is 0 Å². The van der Waals surface area contributed by atoms with Crippen LogP contribution in [-0.2, 0) is 0 Å². The highest BCUT2D eigenvalue weighted by atomic mass is 14.6. The van der Waals surface area contributed by atoms with Crippen molar-refractivity contribution in [2.45, 2.75) is 18.9 Å². The molecule has 2 unspecified atom stereocenters. The van der Waals surface area contributed by atoms with Gasteiger partial charge in [-0.05, 0) is 35.5 Å². The summed E-state index contributed by atoms with van der Waals surface area (Å²) in [6.07, 6.45) is 8.96. The van der Waals surface area contributed by atoms with Crippen molar-refractivity contribution < 1.29 is 0 Å². The van der Waals surface area contributed by atoms with Gasteiger partial charge in [-0.3, -0.25) is 0 Å². The van der Waals surface area contributed by atoms with Gasteiger partial charge in [-0.1, -0.05) is 78.9 Å². The van der Waals surface area contributed by atoms with Crippen molar-refractivity contribution in [2.75, 3.05) is 0 Å². The van der Waals surface area contributed by atoms with Crippen molar-refractivity contribution in [1.82, 2.24) is 0 Å². The Bertz CT molecular complexity index is 584. The molecular weight excluding hydrogens is 254 g/mol. The Morgan fingerprint density at radius 3 is 1.86 bits per heavy atom. The van der Waals surface area contributed by atoms with E-state index < -0.39 is 0 Å². The smallest absolute Gasteiger partial charge is 0.0224 e. The summed E-state index contributed by atoms with van der Waals surface area (Å²) in [4.78, 5) is 0. The normalized spacial score (nSPS) is 21.0. The minimum Gasteiger partial charge on any atom is -0.324 e. The molecule has 0 aliphatic heterocycles. The first-order valence-electron chi connectivity index (χ1n) is 7.59. The fourth-order valence-electron chi connectivity index (χ4n) is 2.81. The van der Waals surface area contributed by atoms with E-state index in [9.17, 15) is 0 Å². The third-order valence-electron chi connectivity index (χ3n) is 3.99. The molecule has 0 fully saturated rings. The van der Waals surface area contributed by atoms with E-state index in [2.05, 4.69) is 78.9 Å². The summed E-state index contributed by atoms with van der Waals surface area (Å²) in [6.45, 7) is 0. The Morgan fingerprint density at radius 1 is 0.810 bits per heavy atom. The predicted molar refractivity (Wildman–Crippen MR) is 89.8 cm³/mol. The number of benzene rings is 2. The van der Waals surface area contributed by atoms with E-state index in [1.54, 1.807) is 0 Å². The number of allylic oxidation sites excluding steroid dienone is 2. The predicted octanol–water partition coefficient (Wildman–Crippen LogP) is 4.41. The van der Waals surface area contributed by atoms with Crippen LogP contribution in [-0.4, -0.2) is 6.04 Å². The molecule has 0 spiro atoms. The van der Waals surface area contributed by atoms with E-state index in [0.29, 0.717) is 5.92 Å². The van der Waals surface area contributed by atoms with Crippen LogP contribution in [0.5, 0.6) is 0 Å². The molecule has 0 saturated heterocycles. The van der Waals surface area contributed by atoms with Gasteiger partial charge in [-0.25, -0.2) is 0 Å². The molecule has 1 aliphatic rings. The molecule has 1 aliphatic carbocycles. The summed E-state index contributed by atoms with van der Waals surface area (Å²) in [5.41, 5.74) is 9.79. The maximum absolute atomic E-state index is 5.94. The molecule has 1 nitrogen and oxygen atoms in total. The zero-order valence-electron chi connectivity index (χ0n) is 12.2. The number of rotatable bonds is 3. The van der Waals surface area contributed by atoms with Crippen LogP contribution in [0, 0.1) is 5.92 Å². The average molecular weight is 275 g/mol. The molecule has 0 amide bonds. The summed E-state index contributed by atoms with van der Waals surface area (Å²) in [5, 5.41) is 0. The van der Waals surface area contributed by atoms with Crippen molar-refractivity contribution in [2.24, 2.45) is 11.7 Å². The van der Waals surface area contributed by atoms with Crippen LogP contribution < -0.4 is 5.73 Å². The SMILES string of the molecule is NC1C=CC(C=C(c2ccccc2)c2ccccc2)CC1. The minimum absolute atomic E-state index is 0.228. The molecule has 2 aromatic rings. The fourth-order valence-corrected chi connectivity index (χ4v) is 2.81. The third-order valence-corrected chi connectivity index (χ3v) is 3.99. The van der Waals surface area contributed by atoms with Crippen LogP contribution in [0.15, 0.2) is 78.9 Å². The number of hydrogen-bond acceptors (Lipinski definition) is 1. The van der Waals surface area contributed by atoms with Crippen LogP contribution >= 0.6 is 0 Å². The van der Waals surface area contributed by atoms with Crippen LogP contribution in [0.2, 0.25) is 0 Å². The van der Waals surface area contributed by atoms with Crippen LogP contribution in [0.3, 0.4) is 0 Å². The Hall–Kier alpha value is -2.12. The molecule has 1 heteroatoms. The summed E-state index contributed by atoms with van der Waals surface area (Å²) in [7, 11) is 0. The van der Waals surface area contributed by atoms with Crippen molar-refractivity contribution in [3.05, 3.63) is 90.0 Å². The molecule has 2 atom stereocenters. The molecule has 2 aromatic carbocycles. The van der Waals surface area contributed by atoms with Crippen LogP contribution in [0.4, 0.5) is 0 Å². The van der Waals surface area contributed by atoms with E-state index >= 15 is 0 Å². The Morgan fingerprint density at radius 2 is 1.38 bits per heavy atom. The lowest BCUT2D eigenvalue weighted by Crippen LogP contribution is -2.21. The van der Waals surface area contributed by atoms with E-state index in [1.165, 1.54) is 16.7 Å². The fraction of sp³-hybridized carbons (Fsp3) is 0.200. The minimum atomic E-state index is 0.228. The molecule has 3 rings (SSSR count). The highest BCUT2D eigenvalue weighted by Gasteiger charge is 2.13. The topological polar surface area (TPSA) is 26.0 Å². The van der Waals surface area contributed by atoms with Crippen LogP contribution in [0.25, 0.3) is 5.57 Å². The zero-order chi connectivity index (χ0) is 14.5. The van der Waals surface area contributed by atoms with E-state index in [4.69, 9.17) is 5.73 Å². The Labute approximate surface area is 126 Å². The first kappa shape index (κ1) is 13.8. The summed E-state index contributed by atoms with van der Waals surface area (Å²) in [5.74, 6) is 0.472. The first-order valence-corrected chi connectivity index (χ1v) is 7.59. The van der Waals surface area contributed by atoms with Gasteiger partial charge in [0, 0.05) is 6.04 Å². The monoisotopic (exact) mass is 275 g/mol. The maximum Gasteiger partial charge on any atom is 0.0224 e. The second kappa shape index (κ2) is 6.55. The lowest BCUT2D eigenvalue weighted by molar-refractivity contribution is 0.577. The van der Waals surface area contributed by atoms with Gasteiger partial charge in [-0.15, -0.1) is 0 Å². The molecule has 2 N–H and O–H groups in total. The highest BCUT2D eigenvalue weighted by Crippen LogP contribution is 2.28. The second-order valence-corrected chi connectivity index (χ2v) is 5.60. The number of hydrogen-bond donors (Lipinski definition) is 1. The van der Waals surface area contributed by atoms with Gasteiger partial charge in [-0.2, -0.15) is 0 Å². The van der Waals surface area contributed by atoms with Crippen LogP contribution in [0.1, 0.15) is 24.0 Å². The zero-order valence-corrected chi connectivity index (χ0v) is 12.2. The van der Waals surface area contributed by atoms with Gasteiger partial charge < -0.3 is 5.73 Å². The molecular formula is C20H21N. The largest absolute Gasteiger partial charge is 0.324 e. The quantitative estimate of drug-likeness (QED) is 0.825. The Kier molecular flexibility index (Phi) is 4.32. The van der Waals surface area contributed by atoms with Crippen molar-refractivity contribution in [3.8, 4) is 0 Å². The van der Waals surface area contributed by atoms with Gasteiger partial charge in [0.2, 0.25) is 0 Å². The Balaban J connectivity index is 1.99. The number of nitrogens with two attached hydrogens (primary N) is 1. The third kappa shape index (κ3) is 3.50. The van der Waals surface area contributed by atoms with Crippen molar-refractivity contribution in [3.63, 3.8) is 0 Å². The van der Waals surface area contributed by atoms with Gasteiger partial charge in [0.25, 0.3) is 0 Å². The summed E-state index contributed by atoms with van der Waals surface area (Å²) in [6, 6.07) is 21.4. The summed E-state index contributed by atoms with van der Waals surface area (Å²) < 4.78 is 0. The molecule has 106 valence electrons. The van der Waals surface area contributed by atoms with E-state index in [0.717, 1.165) is 12.8 Å². The van der Waals surface area contributed by atoms with Crippen molar-refractivity contribution in [1.29, 1.82) is 0 Å². The lowest BCUT2D eigenvalue weighted by Gasteiger charge is -2.19. The standard InChI is InChI=1S/C20H21N/c21-19-13-11-16(12-14-19)15-20(17-7-3-1-4-8-17)18-9-5-2-6-10-18/h1-11,13,15-16,19H,12,14,21H2. The molecule has 0 bridgehead atoms. The molecule has 0 heterocycles. The van der Waals surface area contributed by atoms with Crippen molar-refractivity contribution >= 4 is 5.57 Å². The second-order valence-electron chi connectivity index (χ2n) is 5.60. The highest BCUT2D eigenvalue weighted by molar-refractivity contribution is 5.80.